The fourth-order valence-electron chi connectivity index (χ4n) is 3.26. The minimum absolute atomic E-state index is 0.0580. The van der Waals surface area contributed by atoms with E-state index >= 15 is 0 Å². The Morgan fingerprint density at radius 2 is 1.50 bits per heavy atom. The van der Waals surface area contributed by atoms with Crippen LogP contribution in [0, 0.1) is 0 Å². The Labute approximate surface area is 106 Å². The first-order valence-corrected chi connectivity index (χ1v) is 6.38. The van der Waals surface area contributed by atoms with E-state index in [1.807, 2.05) is 18.2 Å². The van der Waals surface area contributed by atoms with Crippen molar-refractivity contribution in [3.63, 3.8) is 0 Å². The lowest BCUT2D eigenvalue weighted by atomic mass is 9.89. The van der Waals surface area contributed by atoms with E-state index in [2.05, 4.69) is 0 Å². The highest BCUT2D eigenvalue weighted by atomic mass is 16.5. The molecule has 0 atom stereocenters. The average Bonchev–Trinajstić information content (AvgIpc) is 2.53. The number of hydrogen-bond acceptors (Lipinski definition) is 3. The molecule has 3 rings (SSSR count). The predicted octanol–water partition coefficient (Wildman–Crippen LogP) is 2.59. The van der Waals surface area contributed by atoms with Crippen LogP contribution in [0.25, 0.3) is 0 Å². The minimum Gasteiger partial charge on any atom is -0.497 e. The van der Waals surface area contributed by atoms with Crippen molar-refractivity contribution in [3.8, 4) is 5.75 Å². The monoisotopic (exact) mass is 244 g/mol. The number of Topliss-reactive ketones (excluding diaryl/α,β-unsaturated/α-hetero) is 2. The zero-order chi connectivity index (χ0) is 12.7. The van der Waals surface area contributed by atoms with Gasteiger partial charge in [-0.2, -0.15) is 0 Å². The molecule has 0 unspecified atom stereocenters. The van der Waals surface area contributed by atoms with Gasteiger partial charge in [-0.25, -0.2) is 0 Å². The summed E-state index contributed by atoms with van der Waals surface area (Å²) in [7, 11) is 1.64. The fourth-order valence-corrected chi connectivity index (χ4v) is 3.26. The van der Waals surface area contributed by atoms with E-state index in [0.717, 1.165) is 11.3 Å². The lowest BCUT2D eigenvalue weighted by Gasteiger charge is -2.15. The summed E-state index contributed by atoms with van der Waals surface area (Å²) >= 11 is 0. The third kappa shape index (κ3) is 1.84. The van der Waals surface area contributed by atoms with E-state index in [4.69, 9.17) is 4.74 Å². The molecule has 0 aromatic heterocycles. The van der Waals surface area contributed by atoms with Gasteiger partial charge in [-0.05, 0) is 35.1 Å². The highest BCUT2D eigenvalue weighted by molar-refractivity contribution is 5.88. The van der Waals surface area contributed by atoms with E-state index in [9.17, 15) is 9.59 Å². The highest BCUT2D eigenvalue weighted by Gasteiger charge is 2.35. The second kappa shape index (κ2) is 4.23. The average molecular weight is 244 g/mol. The van der Waals surface area contributed by atoms with Gasteiger partial charge in [0.15, 0.2) is 0 Å². The summed E-state index contributed by atoms with van der Waals surface area (Å²) in [5.74, 6) is 1.52. The molecule has 3 nitrogen and oxygen atoms in total. The molecule has 0 amide bonds. The van der Waals surface area contributed by atoms with Crippen molar-refractivity contribution in [1.82, 2.24) is 0 Å². The standard InChI is InChI=1S/C15H16O3/c1-18-13-2-3-14-9-4-11(16)6-10(15(14)8-13)7-12(17)5-9/h2-3,8-10H,4-7H2,1H3. The molecular formula is C15H16O3. The van der Waals surface area contributed by atoms with Gasteiger partial charge in [0.1, 0.15) is 17.3 Å². The van der Waals surface area contributed by atoms with Gasteiger partial charge in [-0.1, -0.05) is 6.07 Å². The van der Waals surface area contributed by atoms with Crippen molar-refractivity contribution in [2.45, 2.75) is 37.5 Å². The molecule has 1 aromatic rings. The maximum Gasteiger partial charge on any atom is 0.134 e. The lowest BCUT2D eigenvalue weighted by Crippen LogP contribution is -2.14. The second-order valence-corrected chi connectivity index (χ2v) is 5.28. The summed E-state index contributed by atoms with van der Waals surface area (Å²) < 4.78 is 5.25. The summed E-state index contributed by atoms with van der Waals surface area (Å²) in [5, 5.41) is 0. The Morgan fingerprint density at radius 3 is 2.06 bits per heavy atom. The highest BCUT2D eigenvalue weighted by Crippen LogP contribution is 2.43. The zero-order valence-corrected chi connectivity index (χ0v) is 10.4. The first kappa shape index (κ1) is 11.5. The van der Waals surface area contributed by atoms with Crippen molar-refractivity contribution in [1.29, 1.82) is 0 Å². The number of carbonyl (C=O) groups excluding carboxylic acids is 2. The number of rotatable bonds is 1. The smallest absolute Gasteiger partial charge is 0.134 e. The Balaban J connectivity index is 2.14. The maximum atomic E-state index is 11.9. The van der Waals surface area contributed by atoms with Gasteiger partial charge in [0.2, 0.25) is 0 Å². The van der Waals surface area contributed by atoms with Crippen LogP contribution in [0.2, 0.25) is 0 Å². The second-order valence-electron chi connectivity index (χ2n) is 5.28. The zero-order valence-electron chi connectivity index (χ0n) is 10.4. The van der Waals surface area contributed by atoms with E-state index in [0.29, 0.717) is 25.7 Å². The first-order chi connectivity index (χ1) is 8.67. The summed E-state index contributed by atoms with van der Waals surface area (Å²) in [6, 6.07) is 5.96. The van der Waals surface area contributed by atoms with Gasteiger partial charge < -0.3 is 4.74 Å². The Hall–Kier alpha value is -1.64. The quantitative estimate of drug-likeness (QED) is 0.762. The van der Waals surface area contributed by atoms with Gasteiger partial charge in [-0.3, -0.25) is 9.59 Å². The number of carbonyl (C=O) groups is 2. The lowest BCUT2D eigenvalue weighted by molar-refractivity contribution is -0.123. The molecule has 2 aliphatic rings. The molecule has 3 heteroatoms. The maximum absolute atomic E-state index is 11.9. The van der Waals surface area contributed by atoms with Crippen LogP contribution in [0.4, 0.5) is 0 Å². The largest absolute Gasteiger partial charge is 0.497 e. The van der Waals surface area contributed by atoms with E-state index < -0.39 is 0 Å². The molecule has 0 fully saturated rings. The Kier molecular flexibility index (Phi) is 2.69. The van der Waals surface area contributed by atoms with Crippen LogP contribution in [0.3, 0.4) is 0 Å². The van der Waals surface area contributed by atoms with Crippen LogP contribution < -0.4 is 4.74 Å². The van der Waals surface area contributed by atoms with Crippen LogP contribution >= 0.6 is 0 Å². The molecule has 0 N–H and O–H groups in total. The molecule has 2 bridgehead atoms. The number of hydrogen-bond donors (Lipinski definition) is 0. The molecular weight excluding hydrogens is 228 g/mol. The van der Waals surface area contributed by atoms with E-state index in [-0.39, 0.29) is 23.4 Å². The number of ether oxygens (including phenoxy) is 1. The summed E-state index contributed by atoms with van der Waals surface area (Å²) in [6.45, 7) is 0. The summed E-state index contributed by atoms with van der Waals surface area (Å²) in [6.07, 6.45) is 2.04. The SMILES string of the molecule is COc1ccc2c(c1)C1CC(=O)CC2CC(=O)C1. The van der Waals surface area contributed by atoms with Gasteiger partial charge >= 0.3 is 0 Å². The first-order valence-electron chi connectivity index (χ1n) is 6.38. The molecule has 0 saturated carbocycles. The summed E-state index contributed by atoms with van der Waals surface area (Å²) in [4.78, 5) is 23.8. The molecule has 0 saturated heterocycles. The van der Waals surface area contributed by atoms with Crippen LogP contribution in [0.1, 0.15) is 48.6 Å². The third-order valence-electron chi connectivity index (χ3n) is 4.07. The molecule has 0 aliphatic heterocycles. The number of ketones is 2. The molecule has 0 radical (unpaired) electrons. The number of benzene rings is 1. The van der Waals surface area contributed by atoms with Crippen molar-refractivity contribution in [3.05, 3.63) is 29.3 Å². The normalized spacial score (nSPS) is 26.5. The minimum atomic E-state index is 0.0580. The molecule has 0 heterocycles. The molecule has 94 valence electrons. The fraction of sp³-hybridized carbons (Fsp3) is 0.467. The van der Waals surface area contributed by atoms with Crippen LogP contribution in [0.15, 0.2) is 18.2 Å². The topological polar surface area (TPSA) is 43.4 Å². The molecule has 0 spiro atoms. The van der Waals surface area contributed by atoms with Gasteiger partial charge in [-0.15, -0.1) is 0 Å². The van der Waals surface area contributed by atoms with Crippen molar-refractivity contribution >= 4 is 11.6 Å². The van der Waals surface area contributed by atoms with E-state index in [1.54, 1.807) is 7.11 Å². The molecule has 18 heavy (non-hydrogen) atoms. The molecule has 1 aromatic carbocycles. The van der Waals surface area contributed by atoms with Crippen molar-refractivity contribution in [2.24, 2.45) is 0 Å². The van der Waals surface area contributed by atoms with Gasteiger partial charge in [0.05, 0.1) is 7.11 Å². The van der Waals surface area contributed by atoms with Crippen LogP contribution in [-0.2, 0) is 9.59 Å². The van der Waals surface area contributed by atoms with Gasteiger partial charge in [0.25, 0.3) is 0 Å². The summed E-state index contributed by atoms with van der Waals surface area (Å²) in [5.41, 5.74) is 2.33. The Bertz CT molecular complexity index is 498. The predicted molar refractivity (Wildman–Crippen MR) is 67.0 cm³/mol. The van der Waals surface area contributed by atoms with E-state index in [1.165, 1.54) is 5.56 Å². The van der Waals surface area contributed by atoms with Crippen LogP contribution in [0.5, 0.6) is 5.75 Å². The van der Waals surface area contributed by atoms with Crippen molar-refractivity contribution < 1.29 is 14.3 Å². The Morgan fingerprint density at radius 1 is 0.944 bits per heavy atom. The van der Waals surface area contributed by atoms with Crippen molar-refractivity contribution in [2.75, 3.05) is 7.11 Å². The van der Waals surface area contributed by atoms with Crippen LogP contribution in [-0.4, -0.2) is 18.7 Å². The number of methoxy groups -OCH3 is 1. The third-order valence-corrected chi connectivity index (χ3v) is 4.07. The molecule has 2 aliphatic carbocycles. The van der Waals surface area contributed by atoms with Gasteiger partial charge in [0, 0.05) is 25.7 Å².